The average Bonchev–Trinajstić information content (AvgIpc) is 2.95. The zero-order valence-corrected chi connectivity index (χ0v) is 14.5. The molecule has 3 rings (SSSR count). The average molecular weight is 324 g/mol. The normalized spacial score (nSPS) is 10.9. The number of fused-ring (bicyclic) bond motifs is 1. The summed E-state index contributed by atoms with van der Waals surface area (Å²) in [5.41, 5.74) is 5.68. The molecule has 4 heteroatoms. The lowest BCUT2D eigenvalue weighted by Gasteiger charge is -2.03. The summed E-state index contributed by atoms with van der Waals surface area (Å²) in [4.78, 5) is 16.8. The van der Waals surface area contributed by atoms with E-state index in [0.717, 1.165) is 22.2 Å². The van der Waals surface area contributed by atoms with E-state index in [1.54, 1.807) is 0 Å². The van der Waals surface area contributed by atoms with Crippen molar-refractivity contribution >= 4 is 32.6 Å². The van der Waals surface area contributed by atoms with Gasteiger partial charge in [-0.25, -0.2) is 4.98 Å². The number of rotatable bonds is 4. The van der Waals surface area contributed by atoms with Gasteiger partial charge in [0.05, 0.1) is 16.6 Å². The summed E-state index contributed by atoms with van der Waals surface area (Å²) in [5, 5.41) is 3.59. The zero-order chi connectivity index (χ0) is 16.4. The Morgan fingerprint density at radius 2 is 1.78 bits per heavy atom. The summed E-state index contributed by atoms with van der Waals surface area (Å²) >= 11 is 1.52. The number of hydrogen-bond donors (Lipinski definition) is 1. The number of nitrogens with one attached hydrogen (secondary N) is 1. The molecule has 0 radical (unpaired) electrons. The summed E-state index contributed by atoms with van der Waals surface area (Å²) in [5.74, 6) is -0.0253. The van der Waals surface area contributed by atoms with Gasteiger partial charge in [0.2, 0.25) is 5.91 Å². The summed E-state index contributed by atoms with van der Waals surface area (Å²) in [6, 6.07) is 12.3. The van der Waals surface area contributed by atoms with Gasteiger partial charge in [-0.3, -0.25) is 4.79 Å². The van der Waals surface area contributed by atoms with E-state index in [4.69, 9.17) is 0 Å². The molecule has 118 valence electrons. The number of aromatic nitrogens is 1. The summed E-state index contributed by atoms with van der Waals surface area (Å²) < 4.78 is 1.11. The van der Waals surface area contributed by atoms with Gasteiger partial charge in [0.15, 0.2) is 5.13 Å². The number of nitrogens with zero attached hydrogens (tertiary/aromatic N) is 1. The van der Waals surface area contributed by atoms with Crippen molar-refractivity contribution < 1.29 is 4.79 Å². The molecule has 1 N–H and O–H groups in total. The topological polar surface area (TPSA) is 42.0 Å². The van der Waals surface area contributed by atoms with E-state index >= 15 is 0 Å². The van der Waals surface area contributed by atoms with Crippen LogP contribution in [0, 0.1) is 13.8 Å². The summed E-state index contributed by atoms with van der Waals surface area (Å²) in [7, 11) is 0. The van der Waals surface area contributed by atoms with Crippen molar-refractivity contribution in [3.63, 3.8) is 0 Å². The van der Waals surface area contributed by atoms with Crippen LogP contribution in [0.3, 0.4) is 0 Å². The first-order valence-electron chi connectivity index (χ1n) is 7.81. The van der Waals surface area contributed by atoms with E-state index in [0.29, 0.717) is 11.6 Å². The minimum atomic E-state index is -0.0253. The predicted molar refractivity (Wildman–Crippen MR) is 97.2 cm³/mol. The van der Waals surface area contributed by atoms with E-state index in [1.165, 1.54) is 28.0 Å². The van der Waals surface area contributed by atoms with Gasteiger partial charge >= 0.3 is 0 Å². The van der Waals surface area contributed by atoms with Crippen LogP contribution in [-0.2, 0) is 17.6 Å². The number of hydrogen-bond acceptors (Lipinski definition) is 3. The fourth-order valence-corrected chi connectivity index (χ4v) is 3.46. The number of thiazole rings is 1. The molecule has 1 amide bonds. The minimum Gasteiger partial charge on any atom is -0.302 e. The molecule has 0 bridgehead atoms. The highest BCUT2D eigenvalue weighted by Crippen LogP contribution is 2.29. The van der Waals surface area contributed by atoms with Gasteiger partial charge < -0.3 is 5.32 Å². The van der Waals surface area contributed by atoms with Crippen molar-refractivity contribution in [1.29, 1.82) is 0 Å². The molecule has 2 aromatic carbocycles. The molecule has 0 aliphatic heterocycles. The SMILES string of the molecule is CCc1ccc(CC(=O)Nc2nc3c(C)c(C)ccc3s2)cc1. The molecule has 0 spiro atoms. The third-order valence-electron chi connectivity index (χ3n) is 4.13. The standard InChI is InChI=1S/C19H20N2OS/c1-4-14-6-8-15(9-7-14)11-17(22)20-19-21-18-13(3)12(2)5-10-16(18)23-19/h5-10H,4,11H2,1-3H3,(H,20,21,22). The fraction of sp³-hybridized carbons (Fsp3) is 0.263. The van der Waals surface area contributed by atoms with Crippen LogP contribution in [0.4, 0.5) is 5.13 Å². The maximum Gasteiger partial charge on any atom is 0.230 e. The first-order chi connectivity index (χ1) is 11.1. The van der Waals surface area contributed by atoms with Crippen molar-refractivity contribution in [2.24, 2.45) is 0 Å². The number of carbonyl (C=O) groups is 1. The molecule has 1 heterocycles. The van der Waals surface area contributed by atoms with Gasteiger partial charge in [-0.2, -0.15) is 0 Å². The van der Waals surface area contributed by atoms with Gasteiger partial charge in [0.25, 0.3) is 0 Å². The number of aryl methyl sites for hydroxylation is 3. The molecule has 0 unspecified atom stereocenters. The molecule has 23 heavy (non-hydrogen) atoms. The zero-order valence-electron chi connectivity index (χ0n) is 13.6. The Morgan fingerprint density at radius 3 is 2.48 bits per heavy atom. The van der Waals surface area contributed by atoms with Crippen molar-refractivity contribution in [2.45, 2.75) is 33.6 Å². The van der Waals surface area contributed by atoms with Crippen LogP contribution in [0.5, 0.6) is 0 Å². The summed E-state index contributed by atoms with van der Waals surface area (Å²) in [6.45, 7) is 6.27. The van der Waals surface area contributed by atoms with Gasteiger partial charge in [-0.15, -0.1) is 0 Å². The third kappa shape index (κ3) is 3.42. The third-order valence-corrected chi connectivity index (χ3v) is 5.06. The lowest BCUT2D eigenvalue weighted by molar-refractivity contribution is -0.115. The second-order valence-electron chi connectivity index (χ2n) is 5.77. The van der Waals surface area contributed by atoms with Crippen LogP contribution < -0.4 is 5.32 Å². The Balaban J connectivity index is 1.73. The molecule has 3 aromatic rings. The lowest BCUT2D eigenvalue weighted by atomic mass is 10.1. The van der Waals surface area contributed by atoms with E-state index in [1.807, 2.05) is 12.1 Å². The molecular formula is C19H20N2OS. The maximum atomic E-state index is 12.2. The predicted octanol–water partition coefficient (Wildman–Crippen LogP) is 4.66. The first-order valence-corrected chi connectivity index (χ1v) is 8.63. The van der Waals surface area contributed by atoms with Crippen molar-refractivity contribution in [3.8, 4) is 0 Å². The molecule has 0 atom stereocenters. The second-order valence-corrected chi connectivity index (χ2v) is 6.80. The molecular weight excluding hydrogens is 304 g/mol. The lowest BCUT2D eigenvalue weighted by Crippen LogP contribution is -2.14. The van der Waals surface area contributed by atoms with Crippen LogP contribution in [0.2, 0.25) is 0 Å². The van der Waals surface area contributed by atoms with E-state index in [-0.39, 0.29) is 5.91 Å². The highest BCUT2D eigenvalue weighted by Gasteiger charge is 2.11. The maximum absolute atomic E-state index is 12.2. The second kappa shape index (κ2) is 6.50. The van der Waals surface area contributed by atoms with Gasteiger partial charge in [-0.05, 0) is 48.6 Å². The molecule has 0 aliphatic carbocycles. The van der Waals surface area contributed by atoms with Gasteiger partial charge in [0.1, 0.15) is 0 Å². The Bertz CT molecular complexity index is 850. The number of amides is 1. The van der Waals surface area contributed by atoms with Crippen LogP contribution >= 0.6 is 11.3 Å². The molecule has 1 aromatic heterocycles. The molecule has 0 fully saturated rings. The van der Waals surface area contributed by atoms with Gasteiger partial charge in [0, 0.05) is 0 Å². The van der Waals surface area contributed by atoms with E-state index < -0.39 is 0 Å². The smallest absolute Gasteiger partial charge is 0.230 e. The Hall–Kier alpha value is -2.20. The number of anilines is 1. The fourth-order valence-electron chi connectivity index (χ4n) is 2.52. The highest BCUT2D eigenvalue weighted by atomic mass is 32.1. The van der Waals surface area contributed by atoms with Crippen LogP contribution in [0.1, 0.15) is 29.2 Å². The van der Waals surface area contributed by atoms with Gasteiger partial charge in [-0.1, -0.05) is 48.6 Å². The van der Waals surface area contributed by atoms with Crippen LogP contribution in [0.25, 0.3) is 10.2 Å². The van der Waals surface area contributed by atoms with E-state index in [2.05, 4.69) is 55.3 Å². The van der Waals surface area contributed by atoms with Crippen LogP contribution in [-0.4, -0.2) is 10.9 Å². The molecule has 0 saturated heterocycles. The Morgan fingerprint density at radius 1 is 1.09 bits per heavy atom. The number of benzene rings is 2. The molecule has 0 aliphatic rings. The quantitative estimate of drug-likeness (QED) is 0.758. The first kappa shape index (κ1) is 15.7. The van der Waals surface area contributed by atoms with Crippen molar-refractivity contribution in [2.75, 3.05) is 5.32 Å². The summed E-state index contributed by atoms with van der Waals surface area (Å²) in [6.07, 6.45) is 1.38. The van der Waals surface area contributed by atoms with Crippen molar-refractivity contribution in [3.05, 3.63) is 58.7 Å². The monoisotopic (exact) mass is 324 g/mol. The van der Waals surface area contributed by atoms with E-state index in [9.17, 15) is 4.79 Å². The van der Waals surface area contributed by atoms with Crippen LogP contribution in [0.15, 0.2) is 36.4 Å². The Kier molecular flexibility index (Phi) is 4.44. The number of carbonyl (C=O) groups excluding carboxylic acids is 1. The molecule has 0 saturated carbocycles. The Labute approximate surface area is 140 Å². The highest BCUT2D eigenvalue weighted by molar-refractivity contribution is 7.22. The minimum absolute atomic E-state index is 0.0253. The molecule has 3 nitrogen and oxygen atoms in total. The largest absolute Gasteiger partial charge is 0.302 e. The van der Waals surface area contributed by atoms with Crippen molar-refractivity contribution in [1.82, 2.24) is 4.98 Å².